The highest BCUT2D eigenvalue weighted by Gasteiger charge is 2.38. The van der Waals surface area contributed by atoms with Gasteiger partial charge in [0.25, 0.3) is 5.91 Å². The Labute approximate surface area is 170 Å². The number of sulfonamides is 1. The molecule has 0 aromatic heterocycles. The average molecular weight is 416 g/mol. The Morgan fingerprint density at radius 3 is 2.55 bits per heavy atom. The Morgan fingerprint density at radius 2 is 1.83 bits per heavy atom. The molecular weight excluding hydrogens is 392 g/mol. The molecule has 2 aromatic rings. The standard InChI is InChI=1S/C21H24N2O5S/c1-14-12-16-6-4-5-7-18(16)22(14)21(24)15(2)23(29(3,25)26)17-8-9-19-20(13-17)28-11-10-27-19/h4-9,13-15H,10-12H2,1-3H3. The molecule has 29 heavy (non-hydrogen) atoms. The van der Waals surface area contributed by atoms with Gasteiger partial charge in [-0.1, -0.05) is 18.2 Å². The van der Waals surface area contributed by atoms with Gasteiger partial charge in [-0.25, -0.2) is 8.42 Å². The van der Waals surface area contributed by atoms with Crippen LogP contribution in [0.3, 0.4) is 0 Å². The number of carbonyl (C=O) groups excluding carboxylic acids is 1. The van der Waals surface area contributed by atoms with Gasteiger partial charge < -0.3 is 14.4 Å². The van der Waals surface area contributed by atoms with Gasteiger partial charge in [-0.2, -0.15) is 0 Å². The zero-order valence-corrected chi connectivity index (χ0v) is 17.5. The summed E-state index contributed by atoms with van der Waals surface area (Å²) in [6.07, 6.45) is 1.85. The van der Waals surface area contributed by atoms with Crippen LogP contribution >= 0.6 is 0 Å². The minimum absolute atomic E-state index is 0.0379. The molecular formula is C21H24N2O5S. The van der Waals surface area contributed by atoms with Crippen molar-refractivity contribution in [2.45, 2.75) is 32.4 Å². The van der Waals surface area contributed by atoms with Crippen LogP contribution in [-0.2, 0) is 21.2 Å². The van der Waals surface area contributed by atoms with Crippen molar-refractivity contribution in [3.05, 3.63) is 48.0 Å². The summed E-state index contributed by atoms with van der Waals surface area (Å²) in [5.41, 5.74) is 2.30. The minimum atomic E-state index is -3.72. The molecule has 2 aromatic carbocycles. The van der Waals surface area contributed by atoms with Crippen molar-refractivity contribution in [2.24, 2.45) is 0 Å². The Balaban J connectivity index is 1.70. The summed E-state index contributed by atoms with van der Waals surface area (Å²) < 4.78 is 37.6. The first-order valence-corrected chi connectivity index (χ1v) is 11.4. The monoisotopic (exact) mass is 416 g/mol. The summed E-state index contributed by atoms with van der Waals surface area (Å²) in [6, 6.07) is 11.7. The van der Waals surface area contributed by atoms with Gasteiger partial charge in [-0.05, 0) is 44.0 Å². The molecule has 7 nitrogen and oxygen atoms in total. The number of para-hydroxylation sites is 1. The van der Waals surface area contributed by atoms with Crippen LogP contribution < -0.4 is 18.7 Å². The number of fused-ring (bicyclic) bond motifs is 2. The van der Waals surface area contributed by atoms with Crippen LogP contribution in [0.25, 0.3) is 0 Å². The van der Waals surface area contributed by atoms with Crippen LogP contribution in [0, 0.1) is 0 Å². The van der Waals surface area contributed by atoms with E-state index in [4.69, 9.17) is 9.47 Å². The fourth-order valence-electron chi connectivity index (χ4n) is 4.07. The van der Waals surface area contributed by atoms with Crippen molar-refractivity contribution >= 4 is 27.3 Å². The van der Waals surface area contributed by atoms with E-state index < -0.39 is 16.1 Å². The summed E-state index contributed by atoms with van der Waals surface area (Å²) >= 11 is 0. The van der Waals surface area contributed by atoms with E-state index in [9.17, 15) is 13.2 Å². The van der Waals surface area contributed by atoms with Crippen LogP contribution in [0.1, 0.15) is 19.4 Å². The van der Waals surface area contributed by atoms with Crippen molar-refractivity contribution in [1.29, 1.82) is 0 Å². The zero-order chi connectivity index (χ0) is 20.8. The first-order valence-electron chi connectivity index (χ1n) is 9.57. The predicted molar refractivity (Wildman–Crippen MR) is 111 cm³/mol. The van der Waals surface area contributed by atoms with Crippen LogP contribution in [0.4, 0.5) is 11.4 Å². The van der Waals surface area contributed by atoms with Gasteiger partial charge in [0.2, 0.25) is 10.0 Å². The number of hydrogen-bond acceptors (Lipinski definition) is 5. The largest absolute Gasteiger partial charge is 0.486 e. The van der Waals surface area contributed by atoms with Gasteiger partial charge in [0.1, 0.15) is 19.3 Å². The maximum Gasteiger partial charge on any atom is 0.250 e. The quantitative estimate of drug-likeness (QED) is 0.766. The second kappa shape index (κ2) is 7.26. The van der Waals surface area contributed by atoms with E-state index in [1.54, 1.807) is 30.0 Å². The number of benzene rings is 2. The highest BCUT2D eigenvalue weighted by molar-refractivity contribution is 7.92. The van der Waals surface area contributed by atoms with E-state index in [1.807, 2.05) is 31.2 Å². The molecule has 1 amide bonds. The summed E-state index contributed by atoms with van der Waals surface area (Å²) in [5, 5.41) is 0. The predicted octanol–water partition coefficient (Wildman–Crippen LogP) is 2.59. The summed E-state index contributed by atoms with van der Waals surface area (Å²) in [4.78, 5) is 15.1. The molecule has 0 radical (unpaired) electrons. The Bertz CT molecular complexity index is 1050. The molecule has 2 aliphatic rings. The van der Waals surface area contributed by atoms with E-state index >= 15 is 0 Å². The van der Waals surface area contributed by atoms with Crippen LogP contribution in [0.15, 0.2) is 42.5 Å². The summed E-state index contributed by atoms with van der Waals surface area (Å²) in [6.45, 7) is 4.43. The third-order valence-electron chi connectivity index (χ3n) is 5.29. The molecule has 0 N–H and O–H groups in total. The smallest absolute Gasteiger partial charge is 0.250 e. The van der Waals surface area contributed by atoms with Crippen LogP contribution in [-0.4, -0.2) is 45.9 Å². The molecule has 0 fully saturated rings. The molecule has 0 bridgehead atoms. The molecule has 0 saturated heterocycles. The van der Waals surface area contributed by atoms with E-state index in [-0.39, 0.29) is 11.9 Å². The molecule has 8 heteroatoms. The number of ether oxygens (including phenoxy) is 2. The SMILES string of the molecule is CC1Cc2ccccc2N1C(=O)C(C)N(c1ccc2c(c1)OCCO2)S(C)(=O)=O. The number of carbonyl (C=O) groups is 1. The topological polar surface area (TPSA) is 76.2 Å². The molecule has 154 valence electrons. The lowest BCUT2D eigenvalue weighted by Crippen LogP contribution is -2.51. The normalized spacial score (nSPS) is 18.9. The Kier molecular flexibility index (Phi) is 4.90. The van der Waals surface area contributed by atoms with Gasteiger partial charge in [0, 0.05) is 17.8 Å². The van der Waals surface area contributed by atoms with E-state index in [0.717, 1.165) is 28.2 Å². The number of hydrogen-bond donors (Lipinski definition) is 0. The second-order valence-corrected chi connectivity index (χ2v) is 9.31. The molecule has 2 aliphatic heterocycles. The van der Waals surface area contributed by atoms with Crippen molar-refractivity contribution in [3.63, 3.8) is 0 Å². The third-order valence-corrected chi connectivity index (χ3v) is 6.53. The maximum absolute atomic E-state index is 13.4. The van der Waals surface area contributed by atoms with Crippen LogP contribution in [0.5, 0.6) is 11.5 Å². The zero-order valence-electron chi connectivity index (χ0n) is 16.7. The third kappa shape index (κ3) is 3.53. The fraction of sp³-hybridized carbons (Fsp3) is 0.381. The van der Waals surface area contributed by atoms with Crippen molar-refractivity contribution in [3.8, 4) is 11.5 Å². The average Bonchev–Trinajstić information content (AvgIpc) is 3.02. The van der Waals surface area contributed by atoms with E-state index in [0.29, 0.717) is 30.4 Å². The molecule has 2 atom stereocenters. The molecule has 2 heterocycles. The maximum atomic E-state index is 13.4. The molecule has 0 spiro atoms. The van der Waals surface area contributed by atoms with Crippen molar-refractivity contribution < 1.29 is 22.7 Å². The fourth-order valence-corrected chi connectivity index (χ4v) is 5.24. The van der Waals surface area contributed by atoms with Gasteiger partial charge in [0.15, 0.2) is 11.5 Å². The highest BCUT2D eigenvalue weighted by atomic mass is 32.2. The highest BCUT2D eigenvalue weighted by Crippen LogP contribution is 2.37. The second-order valence-electron chi connectivity index (χ2n) is 7.45. The van der Waals surface area contributed by atoms with Gasteiger partial charge >= 0.3 is 0 Å². The Morgan fingerprint density at radius 1 is 1.14 bits per heavy atom. The molecule has 2 unspecified atom stereocenters. The van der Waals surface area contributed by atoms with Gasteiger partial charge in [-0.15, -0.1) is 0 Å². The van der Waals surface area contributed by atoms with Crippen LogP contribution in [0.2, 0.25) is 0 Å². The number of amides is 1. The summed E-state index contributed by atoms with van der Waals surface area (Å²) in [7, 11) is -3.72. The first-order chi connectivity index (χ1) is 13.8. The van der Waals surface area contributed by atoms with E-state index in [1.165, 1.54) is 0 Å². The van der Waals surface area contributed by atoms with Gasteiger partial charge in [0.05, 0.1) is 11.9 Å². The number of rotatable bonds is 4. The van der Waals surface area contributed by atoms with E-state index in [2.05, 4.69) is 0 Å². The first kappa shape index (κ1) is 19.6. The van der Waals surface area contributed by atoms with Crippen molar-refractivity contribution in [2.75, 3.05) is 28.7 Å². The van der Waals surface area contributed by atoms with Crippen molar-refractivity contribution in [1.82, 2.24) is 0 Å². The lowest BCUT2D eigenvalue weighted by atomic mass is 10.1. The molecule has 0 saturated carbocycles. The Hall–Kier alpha value is -2.74. The molecule has 0 aliphatic carbocycles. The number of nitrogens with zero attached hydrogens (tertiary/aromatic N) is 2. The lowest BCUT2D eigenvalue weighted by Gasteiger charge is -2.33. The number of anilines is 2. The summed E-state index contributed by atoms with van der Waals surface area (Å²) in [5.74, 6) is 0.777. The van der Waals surface area contributed by atoms with Gasteiger partial charge in [-0.3, -0.25) is 9.10 Å². The molecule has 4 rings (SSSR count). The minimum Gasteiger partial charge on any atom is -0.486 e. The lowest BCUT2D eigenvalue weighted by molar-refractivity contribution is -0.119.